The molecule has 12 nitrogen and oxygen atoms in total. The highest BCUT2D eigenvalue weighted by Crippen LogP contribution is 2.37. The summed E-state index contributed by atoms with van der Waals surface area (Å²) in [5, 5.41) is 1.05. The molecule has 1 saturated heterocycles. The van der Waals surface area contributed by atoms with E-state index in [0.29, 0.717) is 55.7 Å². The molecule has 15 heteroatoms. The number of sulfonamides is 1. The Hall–Kier alpha value is -3.75. The quantitative estimate of drug-likeness (QED) is 0.115. The van der Waals surface area contributed by atoms with Gasteiger partial charge >= 0.3 is 5.97 Å². The van der Waals surface area contributed by atoms with Crippen LogP contribution in [0.4, 0.5) is 0 Å². The van der Waals surface area contributed by atoms with Crippen LogP contribution in [0.5, 0.6) is 5.75 Å². The third kappa shape index (κ3) is 8.57. The van der Waals surface area contributed by atoms with Crippen LogP contribution < -0.4 is 4.74 Å². The molecule has 1 amide bonds. The van der Waals surface area contributed by atoms with E-state index >= 15 is 0 Å². The maximum atomic E-state index is 14.1. The van der Waals surface area contributed by atoms with Crippen LogP contribution in [0.1, 0.15) is 43.9 Å². The number of halogens is 2. The molecule has 0 saturated carbocycles. The van der Waals surface area contributed by atoms with E-state index in [4.69, 9.17) is 37.7 Å². The normalized spacial score (nSPS) is 15.1. The summed E-state index contributed by atoms with van der Waals surface area (Å²) in [4.78, 5) is 36.9. The molecule has 3 heterocycles. The van der Waals surface area contributed by atoms with Crippen LogP contribution in [0.3, 0.4) is 0 Å². The minimum Gasteiger partial charge on any atom is -0.487 e. The van der Waals surface area contributed by atoms with E-state index in [1.807, 2.05) is 42.9 Å². The average Bonchev–Trinajstić information content (AvgIpc) is 3.80. The van der Waals surface area contributed by atoms with E-state index in [1.54, 1.807) is 30.5 Å². The van der Waals surface area contributed by atoms with Crippen molar-refractivity contribution in [2.24, 2.45) is 0 Å². The van der Waals surface area contributed by atoms with E-state index in [0.717, 1.165) is 29.9 Å². The lowest BCUT2D eigenvalue weighted by molar-refractivity contribution is -0.141. The molecule has 0 spiro atoms. The minimum absolute atomic E-state index is 0.0517. The number of rotatable bonds is 15. The lowest BCUT2D eigenvalue weighted by atomic mass is 10.1. The Balaban J connectivity index is 1.28. The average molecular weight is 746 g/mol. The number of ether oxygens (including phenoxy) is 2. The lowest BCUT2D eigenvalue weighted by Crippen LogP contribution is -2.47. The highest BCUT2D eigenvalue weighted by Gasteiger charge is 2.41. The van der Waals surface area contributed by atoms with Crippen molar-refractivity contribution in [3.05, 3.63) is 76.4 Å². The van der Waals surface area contributed by atoms with Gasteiger partial charge in [-0.3, -0.25) is 9.59 Å². The van der Waals surface area contributed by atoms with Crippen molar-refractivity contribution < 1.29 is 27.5 Å². The second kappa shape index (κ2) is 16.5. The number of benzene rings is 2. The fraction of sp³-hybridized carbons (Fsp3) is 0.429. The molecule has 4 aromatic rings. The Morgan fingerprint density at radius 1 is 1.08 bits per heavy atom. The Morgan fingerprint density at radius 3 is 2.60 bits per heavy atom. The van der Waals surface area contributed by atoms with Gasteiger partial charge in [-0.05, 0) is 70.5 Å². The number of hydrogen-bond donors (Lipinski definition) is 0. The fourth-order valence-corrected chi connectivity index (χ4v) is 8.64. The third-order valence-electron chi connectivity index (χ3n) is 8.69. The molecule has 0 aliphatic carbocycles. The first-order valence-corrected chi connectivity index (χ1v) is 18.6. The molecule has 0 bridgehead atoms. The first kappa shape index (κ1) is 37.5. The van der Waals surface area contributed by atoms with Crippen molar-refractivity contribution in [1.82, 2.24) is 28.6 Å². The zero-order valence-corrected chi connectivity index (χ0v) is 31.0. The number of amides is 1. The van der Waals surface area contributed by atoms with E-state index in [1.165, 1.54) is 23.4 Å². The monoisotopic (exact) mass is 744 g/mol. The summed E-state index contributed by atoms with van der Waals surface area (Å²) >= 11 is 13.4. The summed E-state index contributed by atoms with van der Waals surface area (Å²) in [6.45, 7) is 5.68. The topological polar surface area (TPSA) is 127 Å². The van der Waals surface area contributed by atoms with Crippen LogP contribution >= 0.6 is 23.2 Å². The Bertz CT molecular complexity index is 1940. The predicted molar refractivity (Wildman–Crippen MR) is 192 cm³/mol. The number of aromatic nitrogens is 3. The zero-order chi connectivity index (χ0) is 36.0. The van der Waals surface area contributed by atoms with E-state index in [2.05, 4.69) is 9.88 Å². The van der Waals surface area contributed by atoms with E-state index < -0.39 is 16.1 Å². The lowest BCUT2D eigenvalue weighted by Gasteiger charge is -2.28. The van der Waals surface area contributed by atoms with Crippen LogP contribution in [0.15, 0.2) is 60.0 Å². The van der Waals surface area contributed by atoms with Gasteiger partial charge in [0.05, 0.1) is 23.6 Å². The highest BCUT2D eigenvalue weighted by atomic mass is 35.5. The molecular formula is C35H42Cl2N6O6S. The summed E-state index contributed by atoms with van der Waals surface area (Å²) in [5.41, 5.74) is 2.60. The van der Waals surface area contributed by atoms with Gasteiger partial charge in [-0.2, -0.15) is 4.31 Å². The number of carbonyl (C=O) groups excluding carboxylic acids is 2. The van der Waals surface area contributed by atoms with Gasteiger partial charge in [0.2, 0.25) is 15.9 Å². The Labute approximate surface area is 302 Å². The standard InChI is InChI=1S/C35H42Cl2N6O6S/c1-24-21-30(42-19-14-38-23-42)26-9-5-11-31(34(26)39-24)49-22-27-28(36)12-13-32(33(27)37)50(46,47)43-18-6-10-29(43)35(45)41(4)17-7-15-40(3)16-8-20-48-25(2)44/h5,9,11-14,19,21,23,29H,6-8,10,15-18,20,22H2,1-4H3/t29-/m0/s1. The van der Waals surface area contributed by atoms with Gasteiger partial charge in [-0.25, -0.2) is 18.4 Å². The van der Waals surface area contributed by atoms with Gasteiger partial charge in [-0.1, -0.05) is 35.3 Å². The van der Waals surface area contributed by atoms with Gasteiger partial charge in [-0.15, -0.1) is 0 Å². The number of fused-ring (bicyclic) bond motifs is 1. The summed E-state index contributed by atoms with van der Waals surface area (Å²) in [6.07, 6.45) is 7.64. The van der Waals surface area contributed by atoms with E-state index in [9.17, 15) is 18.0 Å². The molecule has 1 atom stereocenters. The molecule has 2 aromatic heterocycles. The molecule has 0 N–H and O–H groups in total. The van der Waals surface area contributed by atoms with Gasteiger partial charge < -0.3 is 23.8 Å². The summed E-state index contributed by atoms with van der Waals surface area (Å²) in [6, 6.07) is 9.57. The molecule has 0 radical (unpaired) electrons. The number of imidazole rings is 1. The van der Waals surface area contributed by atoms with Gasteiger partial charge in [0.15, 0.2) is 0 Å². The van der Waals surface area contributed by atoms with Gasteiger partial charge in [0.25, 0.3) is 0 Å². The molecule has 0 unspecified atom stereocenters. The van der Waals surface area contributed by atoms with Crippen molar-refractivity contribution in [3.8, 4) is 11.4 Å². The third-order valence-corrected chi connectivity index (χ3v) is 11.5. The minimum atomic E-state index is -4.17. The van der Waals surface area contributed by atoms with Crippen molar-refractivity contribution in [1.29, 1.82) is 0 Å². The van der Waals surface area contributed by atoms with Crippen LogP contribution in [-0.2, 0) is 31.0 Å². The second-order valence-electron chi connectivity index (χ2n) is 12.4. The highest BCUT2D eigenvalue weighted by molar-refractivity contribution is 7.89. The summed E-state index contributed by atoms with van der Waals surface area (Å²) < 4.78 is 42.5. The maximum Gasteiger partial charge on any atom is 0.302 e. The molecule has 268 valence electrons. The number of nitrogens with zero attached hydrogens (tertiary/aromatic N) is 6. The molecule has 1 aliphatic rings. The summed E-state index contributed by atoms with van der Waals surface area (Å²) in [7, 11) is -0.508. The van der Waals surface area contributed by atoms with Crippen molar-refractivity contribution in [2.45, 2.75) is 57.1 Å². The fourth-order valence-electron chi connectivity index (χ4n) is 6.12. The number of likely N-dealkylation sites (N-methyl/N-ethyl adjacent to an activating group) is 1. The number of para-hydroxylation sites is 1. The molecule has 1 fully saturated rings. The van der Waals surface area contributed by atoms with Crippen LogP contribution in [0.25, 0.3) is 16.6 Å². The SMILES string of the molecule is CC(=O)OCCCN(C)CCCN(C)C(=O)[C@@H]1CCCN1S(=O)(=O)c1ccc(Cl)c(COc2cccc3c(-n4ccnc4)cc(C)nc23)c1Cl. The molecule has 1 aliphatic heterocycles. The molecule has 2 aromatic carbocycles. The number of esters is 1. The second-order valence-corrected chi connectivity index (χ2v) is 15.1. The zero-order valence-electron chi connectivity index (χ0n) is 28.6. The first-order valence-electron chi connectivity index (χ1n) is 16.5. The number of hydrogen-bond acceptors (Lipinski definition) is 9. The van der Waals surface area contributed by atoms with Crippen LogP contribution in [0.2, 0.25) is 10.0 Å². The number of aryl methyl sites for hydroxylation is 1. The van der Waals surface area contributed by atoms with Gasteiger partial charge in [0, 0.05) is 67.7 Å². The first-order chi connectivity index (χ1) is 23.9. The maximum absolute atomic E-state index is 14.1. The Morgan fingerprint density at radius 2 is 1.86 bits per heavy atom. The van der Waals surface area contributed by atoms with Crippen LogP contribution in [0, 0.1) is 6.92 Å². The van der Waals surface area contributed by atoms with Gasteiger partial charge in [0.1, 0.15) is 28.8 Å². The molecule has 50 heavy (non-hydrogen) atoms. The number of pyridine rings is 1. The predicted octanol–water partition coefficient (Wildman–Crippen LogP) is 5.50. The summed E-state index contributed by atoms with van der Waals surface area (Å²) in [5.74, 6) is -0.0741. The smallest absolute Gasteiger partial charge is 0.302 e. The number of carbonyl (C=O) groups is 2. The van der Waals surface area contributed by atoms with Crippen molar-refractivity contribution >= 4 is 56.0 Å². The van der Waals surface area contributed by atoms with E-state index in [-0.39, 0.29) is 40.0 Å². The Kier molecular flexibility index (Phi) is 12.4. The molecule has 5 rings (SSSR count). The molecular weight excluding hydrogens is 703 g/mol. The van der Waals surface area contributed by atoms with Crippen molar-refractivity contribution in [2.75, 3.05) is 46.9 Å². The largest absolute Gasteiger partial charge is 0.487 e. The van der Waals surface area contributed by atoms with Crippen LogP contribution in [-0.4, -0.2) is 102 Å². The van der Waals surface area contributed by atoms with Crippen molar-refractivity contribution in [3.63, 3.8) is 0 Å².